The Bertz CT molecular complexity index is 366. The molecule has 1 atom stereocenters. The largest absolute Gasteiger partial charge is 0.353 e. The van der Waals surface area contributed by atoms with Gasteiger partial charge in [0.2, 0.25) is 0 Å². The van der Waals surface area contributed by atoms with E-state index in [-0.39, 0.29) is 0 Å². The number of likely N-dealkylation sites (N-methyl/N-ethyl adjacent to an activating group) is 1. The summed E-state index contributed by atoms with van der Waals surface area (Å²) in [6.45, 7) is 5.99. The fraction of sp³-hybridized carbons (Fsp3) is 0.615. The van der Waals surface area contributed by atoms with Crippen LogP contribution in [0.4, 0.5) is 5.82 Å². The number of hydrogen-bond acceptors (Lipinski definition) is 4. The SMILES string of the molecule is CCC1CN(c2ncccc2CN)CCN1C. The molecule has 1 aliphatic rings. The second kappa shape index (κ2) is 5.47. The van der Waals surface area contributed by atoms with Gasteiger partial charge in [0.05, 0.1) is 0 Å². The van der Waals surface area contributed by atoms with Crippen molar-refractivity contribution >= 4 is 5.82 Å². The van der Waals surface area contributed by atoms with Crippen molar-refractivity contribution in [1.82, 2.24) is 9.88 Å². The number of pyridine rings is 1. The summed E-state index contributed by atoms with van der Waals surface area (Å²) < 4.78 is 0. The highest BCUT2D eigenvalue weighted by Gasteiger charge is 2.24. The van der Waals surface area contributed by atoms with Crippen molar-refractivity contribution in [3.8, 4) is 0 Å². The maximum Gasteiger partial charge on any atom is 0.133 e. The molecule has 0 aromatic carbocycles. The molecule has 0 bridgehead atoms. The summed E-state index contributed by atoms with van der Waals surface area (Å²) in [5.41, 5.74) is 6.92. The van der Waals surface area contributed by atoms with E-state index < -0.39 is 0 Å². The molecule has 17 heavy (non-hydrogen) atoms. The summed E-state index contributed by atoms with van der Waals surface area (Å²) in [6, 6.07) is 4.65. The highest BCUT2D eigenvalue weighted by atomic mass is 15.3. The van der Waals surface area contributed by atoms with Crippen molar-refractivity contribution in [3.05, 3.63) is 23.9 Å². The number of rotatable bonds is 3. The van der Waals surface area contributed by atoms with E-state index in [0.717, 1.165) is 31.0 Å². The maximum absolute atomic E-state index is 5.77. The molecule has 94 valence electrons. The van der Waals surface area contributed by atoms with E-state index in [0.29, 0.717) is 12.6 Å². The Labute approximate surface area is 103 Å². The predicted molar refractivity (Wildman–Crippen MR) is 71.1 cm³/mol. The zero-order valence-corrected chi connectivity index (χ0v) is 10.8. The molecule has 4 nitrogen and oxygen atoms in total. The lowest BCUT2D eigenvalue weighted by molar-refractivity contribution is 0.212. The summed E-state index contributed by atoms with van der Waals surface area (Å²) in [4.78, 5) is 9.30. The molecule has 0 radical (unpaired) electrons. The van der Waals surface area contributed by atoms with Crippen LogP contribution in [0, 0.1) is 0 Å². The molecule has 0 spiro atoms. The Hall–Kier alpha value is -1.13. The first kappa shape index (κ1) is 12.3. The minimum absolute atomic E-state index is 0.562. The van der Waals surface area contributed by atoms with E-state index in [4.69, 9.17) is 5.73 Å². The van der Waals surface area contributed by atoms with Crippen LogP contribution in [-0.4, -0.2) is 42.6 Å². The molecular formula is C13H22N4. The molecule has 4 heteroatoms. The van der Waals surface area contributed by atoms with Crippen LogP contribution in [0.3, 0.4) is 0 Å². The van der Waals surface area contributed by atoms with Gasteiger partial charge in [-0.3, -0.25) is 4.90 Å². The van der Waals surface area contributed by atoms with Crippen LogP contribution in [0.1, 0.15) is 18.9 Å². The van der Waals surface area contributed by atoms with E-state index >= 15 is 0 Å². The molecule has 2 heterocycles. The molecule has 1 fully saturated rings. The van der Waals surface area contributed by atoms with E-state index in [1.165, 1.54) is 6.42 Å². The summed E-state index contributed by atoms with van der Waals surface area (Å²) in [6.07, 6.45) is 3.03. The van der Waals surface area contributed by atoms with Gasteiger partial charge >= 0.3 is 0 Å². The normalized spacial score (nSPS) is 21.8. The quantitative estimate of drug-likeness (QED) is 0.850. The molecule has 1 aromatic rings. The first-order valence-corrected chi connectivity index (χ1v) is 6.35. The third-order valence-electron chi connectivity index (χ3n) is 3.64. The second-order valence-corrected chi connectivity index (χ2v) is 4.68. The molecule has 1 aliphatic heterocycles. The zero-order chi connectivity index (χ0) is 12.3. The van der Waals surface area contributed by atoms with Crippen LogP contribution >= 0.6 is 0 Å². The Morgan fingerprint density at radius 3 is 3.00 bits per heavy atom. The monoisotopic (exact) mass is 234 g/mol. The molecule has 2 N–H and O–H groups in total. The molecule has 2 rings (SSSR count). The maximum atomic E-state index is 5.77. The van der Waals surface area contributed by atoms with Gasteiger partial charge in [0.15, 0.2) is 0 Å². The smallest absolute Gasteiger partial charge is 0.133 e. The fourth-order valence-electron chi connectivity index (χ4n) is 2.45. The Morgan fingerprint density at radius 2 is 2.29 bits per heavy atom. The predicted octanol–water partition coefficient (Wildman–Crippen LogP) is 1.07. The van der Waals surface area contributed by atoms with Gasteiger partial charge in [-0.25, -0.2) is 4.98 Å². The van der Waals surface area contributed by atoms with Gasteiger partial charge in [0.1, 0.15) is 5.82 Å². The molecule has 0 saturated carbocycles. The third-order valence-corrected chi connectivity index (χ3v) is 3.64. The summed E-state index contributed by atoms with van der Waals surface area (Å²) >= 11 is 0. The van der Waals surface area contributed by atoms with Gasteiger partial charge in [0.25, 0.3) is 0 Å². The minimum atomic E-state index is 0.562. The lowest BCUT2D eigenvalue weighted by Gasteiger charge is -2.40. The second-order valence-electron chi connectivity index (χ2n) is 4.68. The molecule has 1 aromatic heterocycles. The number of anilines is 1. The molecular weight excluding hydrogens is 212 g/mol. The van der Waals surface area contributed by atoms with Crippen molar-refractivity contribution in [1.29, 1.82) is 0 Å². The topological polar surface area (TPSA) is 45.4 Å². The Morgan fingerprint density at radius 1 is 1.47 bits per heavy atom. The van der Waals surface area contributed by atoms with Crippen LogP contribution in [0.25, 0.3) is 0 Å². The summed E-state index contributed by atoms with van der Waals surface area (Å²) in [5.74, 6) is 1.07. The number of hydrogen-bond donors (Lipinski definition) is 1. The standard InChI is InChI=1S/C13H22N4/c1-3-12-10-17(8-7-16(12)2)13-11(9-14)5-4-6-15-13/h4-6,12H,3,7-10,14H2,1-2H3. The Kier molecular flexibility index (Phi) is 3.97. The van der Waals surface area contributed by atoms with Crippen LogP contribution in [-0.2, 0) is 6.54 Å². The van der Waals surface area contributed by atoms with Crippen molar-refractivity contribution < 1.29 is 0 Å². The lowest BCUT2D eigenvalue weighted by Crippen LogP contribution is -2.51. The highest BCUT2D eigenvalue weighted by Crippen LogP contribution is 2.21. The lowest BCUT2D eigenvalue weighted by atomic mass is 10.1. The van der Waals surface area contributed by atoms with Gasteiger partial charge in [-0.05, 0) is 19.5 Å². The third kappa shape index (κ3) is 2.58. The first-order valence-electron chi connectivity index (χ1n) is 6.35. The first-order chi connectivity index (χ1) is 8.26. The van der Waals surface area contributed by atoms with Crippen molar-refractivity contribution in [2.24, 2.45) is 5.73 Å². The zero-order valence-electron chi connectivity index (χ0n) is 10.8. The van der Waals surface area contributed by atoms with Crippen LogP contribution in [0.15, 0.2) is 18.3 Å². The molecule has 1 unspecified atom stereocenters. The Balaban J connectivity index is 2.17. The van der Waals surface area contributed by atoms with Crippen molar-refractivity contribution in [3.63, 3.8) is 0 Å². The van der Waals surface area contributed by atoms with Gasteiger partial charge < -0.3 is 10.6 Å². The molecule has 0 aliphatic carbocycles. The van der Waals surface area contributed by atoms with Crippen LogP contribution in [0.5, 0.6) is 0 Å². The number of piperazine rings is 1. The van der Waals surface area contributed by atoms with Gasteiger partial charge in [0, 0.05) is 44.0 Å². The number of nitrogens with two attached hydrogens (primary N) is 1. The van der Waals surface area contributed by atoms with Gasteiger partial charge in [-0.2, -0.15) is 0 Å². The van der Waals surface area contributed by atoms with Crippen molar-refractivity contribution in [2.45, 2.75) is 25.9 Å². The average Bonchev–Trinajstić information content (AvgIpc) is 2.39. The minimum Gasteiger partial charge on any atom is -0.353 e. The number of nitrogens with zero attached hydrogens (tertiary/aromatic N) is 3. The van der Waals surface area contributed by atoms with E-state index in [9.17, 15) is 0 Å². The molecule has 1 saturated heterocycles. The van der Waals surface area contributed by atoms with Crippen LogP contribution < -0.4 is 10.6 Å². The van der Waals surface area contributed by atoms with E-state index in [1.807, 2.05) is 12.3 Å². The van der Waals surface area contributed by atoms with E-state index in [1.54, 1.807) is 0 Å². The average molecular weight is 234 g/mol. The fourth-order valence-corrected chi connectivity index (χ4v) is 2.45. The highest BCUT2D eigenvalue weighted by molar-refractivity contribution is 5.47. The van der Waals surface area contributed by atoms with E-state index in [2.05, 4.69) is 34.8 Å². The van der Waals surface area contributed by atoms with Gasteiger partial charge in [-0.15, -0.1) is 0 Å². The summed E-state index contributed by atoms with van der Waals surface area (Å²) in [7, 11) is 2.20. The molecule has 0 amide bonds. The summed E-state index contributed by atoms with van der Waals surface area (Å²) in [5, 5.41) is 0. The van der Waals surface area contributed by atoms with Crippen LogP contribution in [0.2, 0.25) is 0 Å². The van der Waals surface area contributed by atoms with Crippen molar-refractivity contribution in [2.75, 3.05) is 31.6 Å². The van der Waals surface area contributed by atoms with Gasteiger partial charge in [-0.1, -0.05) is 13.0 Å². The number of aromatic nitrogens is 1.